The Bertz CT molecular complexity index is 696. The second kappa shape index (κ2) is 5.17. The van der Waals surface area contributed by atoms with Crippen molar-refractivity contribution in [2.75, 3.05) is 13.1 Å². The van der Waals surface area contributed by atoms with Crippen molar-refractivity contribution >= 4 is 5.91 Å². The molecule has 1 fully saturated rings. The van der Waals surface area contributed by atoms with E-state index in [9.17, 15) is 4.79 Å². The van der Waals surface area contributed by atoms with E-state index in [-0.39, 0.29) is 18.1 Å². The minimum atomic E-state index is 0.0122. The Labute approximate surface area is 127 Å². The zero-order chi connectivity index (χ0) is 15.1. The molecule has 0 N–H and O–H groups in total. The van der Waals surface area contributed by atoms with Gasteiger partial charge in [0.1, 0.15) is 0 Å². The van der Waals surface area contributed by atoms with Crippen LogP contribution >= 0.6 is 0 Å². The van der Waals surface area contributed by atoms with Gasteiger partial charge in [-0.15, -0.1) is 5.10 Å². The fourth-order valence-electron chi connectivity index (χ4n) is 3.14. The van der Waals surface area contributed by atoms with Crippen molar-refractivity contribution in [1.29, 1.82) is 0 Å². The highest BCUT2D eigenvalue weighted by molar-refractivity contribution is 5.94. The van der Waals surface area contributed by atoms with Crippen LogP contribution in [0.5, 0.6) is 0 Å². The highest BCUT2D eigenvalue weighted by atomic mass is 16.5. The van der Waals surface area contributed by atoms with E-state index >= 15 is 0 Å². The number of pyridine rings is 1. The van der Waals surface area contributed by atoms with Crippen LogP contribution in [-0.4, -0.2) is 50.0 Å². The van der Waals surface area contributed by atoms with Crippen LogP contribution in [0.3, 0.4) is 0 Å². The third kappa shape index (κ3) is 2.18. The molecule has 2 aromatic rings. The van der Waals surface area contributed by atoms with E-state index in [4.69, 9.17) is 4.74 Å². The summed E-state index contributed by atoms with van der Waals surface area (Å²) in [7, 11) is 0. The van der Waals surface area contributed by atoms with Gasteiger partial charge in [0, 0.05) is 25.0 Å². The molecule has 2 atom stereocenters. The number of aryl methyl sites for hydroxylation is 1. The predicted octanol–water partition coefficient (Wildman–Crippen LogP) is 0.968. The Morgan fingerprint density at radius 3 is 3.09 bits per heavy atom. The van der Waals surface area contributed by atoms with Crippen molar-refractivity contribution in [3.8, 4) is 0 Å². The number of piperidine rings is 1. The van der Waals surface area contributed by atoms with Gasteiger partial charge in [0.2, 0.25) is 0 Å². The molecular formula is C15H17N5O2. The van der Waals surface area contributed by atoms with Crippen LogP contribution in [0.4, 0.5) is 0 Å². The van der Waals surface area contributed by atoms with E-state index < -0.39 is 0 Å². The minimum absolute atomic E-state index is 0.0122. The number of hydrogen-bond donors (Lipinski definition) is 0. The minimum Gasteiger partial charge on any atom is -0.370 e. The normalized spacial score (nSPS) is 23.8. The molecule has 4 rings (SSSR count). The fourth-order valence-corrected chi connectivity index (χ4v) is 3.14. The highest BCUT2D eigenvalue weighted by Crippen LogP contribution is 2.30. The van der Waals surface area contributed by atoms with Gasteiger partial charge in [0.05, 0.1) is 36.2 Å². The van der Waals surface area contributed by atoms with Crippen molar-refractivity contribution in [3.63, 3.8) is 0 Å². The number of rotatable bonds is 1. The molecule has 0 aromatic carbocycles. The lowest BCUT2D eigenvalue weighted by atomic mass is 10.00. The van der Waals surface area contributed by atoms with E-state index in [0.29, 0.717) is 25.3 Å². The van der Waals surface area contributed by atoms with Gasteiger partial charge in [0.15, 0.2) is 0 Å². The largest absolute Gasteiger partial charge is 0.370 e. The second-order valence-corrected chi connectivity index (χ2v) is 5.81. The van der Waals surface area contributed by atoms with Crippen LogP contribution in [0, 0.1) is 6.92 Å². The Morgan fingerprint density at radius 1 is 1.36 bits per heavy atom. The topological polar surface area (TPSA) is 73.1 Å². The molecule has 4 heterocycles. The summed E-state index contributed by atoms with van der Waals surface area (Å²) in [6.45, 7) is 3.74. The van der Waals surface area contributed by atoms with Crippen molar-refractivity contribution < 1.29 is 9.53 Å². The Hall–Kier alpha value is -2.28. The van der Waals surface area contributed by atoms with Gasteiger partial charge in [-0.2, -0.15) is 0 Å². The summed E-state index contributed by atoms with van der Waals surface area (Å²) in [6.07, 6.45) is 4.28. The number of hydrogen-bond acceptors (Lipinski definition) is 5. The second-order valence-electron chi connectivity index (χ2n) is 5.81. The van der Waals surface area contributed by atoms with E-state index in [1.54, 1.807) is 12.4 Å². The standard InChI is InChI=1S/C15H17N5O2/c1-10-2-3-11(6-16-10)15(21)19-5-4-14-13(8-19)20-12(9-22-14)7-17-18-20/h2-3,6-7,13-14H,4-5,8-9H2,1H3/t13-,14+/m0/s1. The number of likely N-dealkylation sites (tertiary alicyclic amines) is 1. The first-order valence-electron chi connectivity index (χ1n) is 7.45. The zero-order valence-corrected chi connectivity index (χ0v) is 12.3. The molecule has 0 aliphatic carbocycles. The maximum absolute atomic E-state index is 12.6. The van der Waals surface area contributed by atoms with Crippen LogP contribution in [0.1, 0.15) is 34.2 Å². The average Bonchev–Trinajstić information content (AvgIpc) is 3.03. The smallest absolute Gasteiger partial charge is 0.255 e. The number of aromatic nitrogens is 4. The van der Waals surface area contributed by atoms with Crippen molar-refractivity contribution in [2.24, 2.45) is 0 Å². The number of ether oxygens (including phenoxy) is 1. The van der Waals surface area contributed by atoms with E-state index in [1.165, 1.54) is 0 Å². The third-order valence-corrected chi connectivity index (χ3v) is 4.37. The first-order chi connectivity index (χ1) is 10.7. The van der Waals surface area contributed by atoms with Crippen LogP contribution in [0.25, 0.3) is 0 Å². The maximum Gasteiger partial charge on any atom is 0.255 e. The average molecular weight is 299 g/mol. The highest BCUT2D eigenvalue weighted by Gasteiger charge is 2.38. The summed E-state index contributed by atoms with van der Waals surface area (Å²) in [5.74, 6) is 0.0122. The molecule has 1 saturated heterocycles. The van der Waals surface area contributed by atoms with Crippen LogP contribution in [0.2, 0.25) is 0 Å². The number of fused-ring (bicyclic) bond motifs is 3. The quantitative estimate of drug-likeness (QED) is 0.784. The van der Waals surface area contributed by atoms with Gasteiger partial charge >= 0.3 is 0 Å². The molecule has 2 aliphatic rings. The molecular weight excluding hydrogens is 282 g/mol. The van der Waals surface area contributed by atoms with E-state index in [1.807, 2.05) is 28.6 Å². The summed E-state index contributed by atoms with van der Waals surface area (Å²) in [5, 5.41) is 8.11. The lowest BCUT2D eigenvalue weighted by molar-refractivity contribution is -0.0605. The summed E-state index contributed by atoms with van der Waals surface area (Å²) in [5.41, 5.74) is 2.50. The van der Waals surface area contributed by atoms with Crippen LogP contribution < -0.4 is 0 Å². The van der Waals surface area contributed by atoms with Crippen LogP contribution in [-0.2, 0) is 11.3 Å². The molecule has 0 bridgehead atoms. The zero-order valence-electron chi connectivity index (χ0n) is 12.3. The van der Waals surface area contributed by atoms with Gasteiger partial charge < -0.3 is 9.64 Å². The molecule has 7 nitrogen and oxygen atoms in total. The van der Waals surface area contributed by atoms with Crippen molar-refractivity contribution in [1.82, 2.24) is 24.9 Å². The van der Waals surface area contributed by atoms with Crippen molar-refractivity contribution in [2.45, 2.75) is 32.1 Å². The molecule has 7 heteroatoms. The number of carbonyl (C=O) groups excluding carboxylic acids is 1. The van der Waals surface area contributed by atoms with Gasteiger partial charge in [-0.05, 0) is 25.5 Å². The Kier molecular flexibility index (Phi) is 3.15. The van der Waals surface area contributed by atoms with E-state index in [2.05, 4.69) is 15.3 Å². The molecule has 0 radical (unpaired) electrons. The first kappa shape index (κ1) is 13.4. The van der Waals surface area contributed by atoms with Crippen LogP contribution in [0.15, 0.2) is 24.5 Å². The molecule has 0 unspecified atom stereocenters. The Morgan fingerprint density at radius 2 is 2.27 bits per heavy atom. The van der Waals surface area contributed by atoms with Gasteiger partial charge in [0.25, 0.3) is 5.91 Å². The molecule has 0 spiro atoms. The third-order valence-electron chi connectivity index (χ3n) is 4.37. The number of carbonyl (C=O) groups is 1. The van der Waals surface area contributed by atoms with E-state index in [0.717, 1.165) is 17.8 Å². The summed E-state index contributed by atoms with van der Waals surface area (Å²) >= 11 is 0. The number of nitrogens with zero attached hydrogens (tertiary/aromatic N) is 5. The molecule has 2 aliphatic heterocycles. The first-order valence-corrected chi connectivity index (χ1v) is 7.45. The lowest BCUT2D eigenvalue weighted by Crippen LogP contribution is -2.49. The summed E-state index contributed by atoms with van der Waals surface area (Å²) < 4.78 is 7.77. The fraction of sp³-hybridized carbons (Fsp3) is 0.467. The summed E-state index contributed by atoms with van der Waals surface area (Å²) in [4.78, 5) is 18.7. The molecule has 2 aromatic heterocycles. The maximum atomic E-state index is 12.6. The van der Waals surface area contributed by atoms with Crippen molar-refractivity contribution in [3.05, 3.63) is 41.5 Å². The molecule has 22 heavy (non-hydrogen) atoms. The number of amides is 1. The molecule has 0 saturated carbocycles. The summed E-state index contributed by atoms with van der Waals surface area (Å²) in [6, 6.07) is 3.73. The Balaban J connectivity index is 1.56. The monoisotopic (exact) mass is 299 g/mol. The SMILES string of the molecule is Cc1ccc(C(=O)N2CC[C@H]3OCc4cnnn4[C@H]3C2)cn1. The van der Waals surface area contributed by atoms with Gasteiger partial charge in [-0.1, -0.05) is 5.21 Å². The lowest BCUT2D eigenvalue weighted by Gasteiger charge is -2.41. The van der Waals surface area contributed by atoms with Gasteiger partial charge in [-0.3, -0.25) is 9.78 Å². The molecule has 114 valence electrons. The molecule has 1 amide bonds. The van der Waals surface area contributed by atoms with Gasteiger partial charge in [-0.25, -0.2) is 4.68 Å². The predicted molar refractivity (Wildman–Crippen MR) is 77.1 cm³/mol.